The van der Waals surface area contributed by atoms with E-state index in [4.69, 9.17) is 15.2 Å². The number of carbonyl (C=O) groups excluding carboxylic acids is 5. The minimum atomic E-state index is -1.11. The van der Waals surface area contributed by atoms with E-state index in [1.165, 1.54) is 39.9 Å². The molecule has 0 radical (unpaired) electrons. The summed E-state index contributed by atoms with van der Waals surface area (Å²) < 4.78 is 10.3. The van der Waals surface area contributed by atoms with Crippen molar-refractivity contribution in [3.05, 3.63) is 113 Å². The Balaban J connectivity index is 0.000000238. The molecule has 362 valence electrons. The van der Waals surface area contributed by atoms with Gasteiger partial charge in [0.15, 0.2) is 0 Å². The molecule has 0 aliphatic heterocycles. The predicted molar refractivity (Wildman–Crippen MR) is 273 cm³/mol. The Labute approximate surface area is 401 Å². The van der Waals surface area contributed by atoms with Crippen LogP contribution in [-0.2, 0) is 19.1 Å². The molecule has 12 nitrogen and oxygen atoms in total. The second-order valence-corrected chi connectivity index (χ2v) is 18.9. The van der Waals surface area contributed by atoms with Crippen LogP contribution >= 0.6 is 0 Å². The number of methoxy groups -OCH3 is 2. The first-order valence-corrected chi connectivity index (χ1v) is 24.6. The summed E-state index contributed by atoms with van der Waals surface area (Å²) in [4.78, 5) is 66.2. The number of amides is 4. The van der Waals surface area contributed by atoms with Gasteiger partial charge in [0.1, 0.15) is 11.1 Å². The average molecular weight is 926 g/mol. The van der Waals surface area contributed by atoms with E-state index in [1.54, 1.807) is 18.2 Å². The number of fused-ring (bicyclic) bond motifs is 2. The zero-order valence-corrected chi connectivity index (χ0v) is 40.7. The summed E-state index contributed by atoms with van der Waals surface area (Å²) in [5, 5.41) is 15.7. The highest BCUT2D eigenvalue weighted by molar-refractivity contribution is 6.11. The molecule has 0 spiro atoms. The number of anilines is 3. The number of carbonyl (C=O) groups is 5. The molecule has 5 aromatic rings. The molecule has 2 saturated carbocycles. The third-order valence-corrected chi connectivity index (χ3v) is 13.7. The van der Waals surface area contributed by atoms with Gasteiger partial charge < -0.3 is 36.5 Å². The van der Waals surface area contributed by atoms with Crippen LogP contribution in [0.15, 0.2) is 84.9 Å². The molecule has 68 heavy (non-hydrogen) atoms. The van der Waals surface area contributed by atoms with E-state index in [1.807, 2.05) is 87.5 Å². The van der Waals surface area contributed by atoms with Crippen LogP contribution in [0.25, 0.3) is 21.5 Å². The van der Waals surface area contributed by atoms with E-state index in [-0.39, 0.29) is 11.9 Å². The van der Waals surface area contributed by atoms with Gasteiger partial charge in [0.2, 0.25) is 0 Å². The third-order valence-electron chi connectivity index (χ3n) is 13.7. The fourth-order valence-corrected chi connectivity index (χ4v) is 10.1. The van der Waals surface area contributed by atoms with Crippen LogP contribution < -0.4 is 27.0 Å². The topological polar surface area (TPSA) is 178 Å². The second kappa shape index (κ2) is 24.0. The SMILES string of the molecule is COC(=O)C1(NC(=O)c2cc3ccccc3cc2N)CCCCCCCCC1.COC(=O)C1(NC(=O)c2cc3ccccc3cc2NC(=O)Nc2c(C)cc(C)cc2C)CCCCCCCCC1. The third kappa shape index (κ3) is 13.0. The number of urea groups is 1. The van der Waals surface area contributed by atoms with Crippen LogP contribution in [0.1, 0.15) is 153 Å². The Morgan fingerprint density at radius 1 is 0.485 bits per heavy atom. The smallest absolute Gasteiger partial charge is 0.331 e. The van der Waals surface area contributed by atoms with Gasteiger partial charge >= 0.3 is 18.0 Å². The van der Waals surface area contributed by atoms with Crippen molar-refractivity contribution in [2.75, 3.05) is 30.6 Å². The highest BCUT2D eigenvalue weighted by Gasteiger charge is 2.42. The van der Waals surface area contributed by atoms with Crippen molar-refractivity contribution in [3.8, 4) is 0 Å². The molecule has 0 unspecified atom stereocenters. The summed E-state index contributed by atoms with van der Waals surface area (Å²) in [7, 11) is 2.76. The van der Waals surface area contributed by atoms with Gasteiger partial charge in [-0.05, 0) is 103 Å². The normalized spacial score (nSPS) is 16.4. The van der Waals surface area contributed by atoms with Gasteiger partial charge in [-0.2, -0.15) is 0 Å². The zero-order chi connectivity index (χ0) is 48.7. The lowest BCUT2D eigenvalue weighted by Gasteiger charge is -2.33. The van der Waals surface area contributed by atoms with Crippen molar-refractivity contribution in [1.29, 1.82) is 0 Å². The maximum absolute atomic E-state index is 13.9. The minimum Gasteiger partial charge on any atom is -0.467 e. The molecule has 12 heteroatoms. The molecule has 0 saturated heterocycles. The lowest BCUT2D eigenvalue weighted by atomic mass is 9.84. The molecule has 7 rings (SSSR count). The molecule has 2 aliphatic carbocycles. The van der Waals surface area contributed by atoms with Crippen LogP contribution in [-0.4, -0.2) is 55.1 Å². The number of benzene rings is 5. The summed E-state index contributed by atoms with van der Waals surface area (Å²) in [6, 6.07) is 26.2. The van der Waals surface area contributed by atoms with Crippen LogP contribution in [0.3, 0.4) is 0 Å². The standard InChI is InChI=1S/C33H41N3O4.C23H30N2O3/c1-22-18-23(2)29(24(3)19-22)35-32(39)34-28-21-26-15-11-10-14-25(26)20-27(28)30(37)36-33(31(38)40-4)16-12-8-6-5-7-9-13-17-33;1-28-22(27)23(13-9-5-3-2-4-6-10-14-23)25-21(26)19-15-17-11-7-8-12-18(17)16-20(19)24/h10-11,14-15,18-21H,5-9,12-13,16-17H2,1-4H3,(H,36,37)(H2,34,35,39);7-8,11-12,15-16H,2-6,9-10,13-14,24H2,1H3,(H,25,26). The highest BCUT2D eigenvalue weighted by Crippen LogP contribution is 2.32. The number of hydrogen-bond donors (Lipinski definition) is 5. The van der Waals surface area contributed by atoms with E-state index in [0.29, 0.717) is 48.2 Å². The molecule has 0 atom stereocenters. The van der Waals surface area contributed by atoms with Crippen LogP contribution in [0.5, 0.6) is 0 Å². The zero-order valence-electron chi connectivity index (χ0n) is 40.7. The number of esters is 2. The fourth-order valence-electron chi connectivity index (χ4n) is 10.1. The summed E-state index contributed by atoms with van der Waals surface area (Å²) >= 11 is 0. The van der Waals surface area contributed by atoms with Gasteiger partial charge in [0.25, 0.3) is 11.8 Å². The van der Waals surface area contributed by atoms with Crippen molar-refractivity contribution in [3.63, 3.8) is 0 Å². The molecule has 2 fully saturated rings. The van der Waals surface area contributed by atoms with E-state index in [9.17, 15) is 24.0 Å². The lowest BCUT2D eigenvalue weighted by Crippen LogP contribution is -2.55. The highest BCUT2D eigenvalue weighted by atomic mass is 16.5. The van der Waals surface area contributed by atoms with Gasteiger partial charge in [0.05, 0.1) is 31.0 Å². The molecule has 0 heterocycles. The predicted octanol–water partition coefficient (Wildman–Crippen LogP) is 12.2. The quantitative estimate of drug-likeness (QED) is 0.0754. The monoisotopic (exact) mass is 926 g/mol. The maximum atomic E-state index is 13.9. The van der Waals surface area contributed by atoms with Crippen molar-refractivity contribution in [1.82, 2.24) is 10.6 Å². The van der Waals surface area contributed by atoms with Crippen molar-refractivity contribution in [2.24, 2.45) is 0 Å². The molecule has 6 N–H and O–H groups in total. The number of nitrogens with one attached hydrogen (secondary N) is 4. The largest absolute Gasteiger partial charge is 0.467 e. The number of aryl methyl sites for hydroxylation is 3. The minimum absolute atomic E-state index is 0.298. The second-order valence-electron chi connectivity index (χ2n) is 18.9. The molecule has 5 aromatic carbocycles. The van der Waals surface area contributed by atoms with E-state index in [2.05, 4.69) is 21.3 Å². The number of rotatable bonds is 8. The Bertz CT molecular complexity index is 2550. The summed E-state index contributed by atoms with van der Waals surface area (Å²) in [5.74, 6) is -1.50. The molecule has 0 bridgehead atoms. The van der Waals surface area contributed by atoms with E-state index in [0.717, 1.165) is 108 Å². The Morgan fingerprint density at radius 2 is 0.853 bits per heavy atom. The number of hydrogen-bond acceptors (Lipinski definition) is 8. The Morgan fingerprint density at radius 3 is 1.28 bits per heavy atom. The number of nitrogen functional groups attached to an aromatic ring is 1. The molecule has 4 amide bonds. The number of ether oxygens (including phenoxy) is 2. The van der Waals surface area contributed by atoms with Crippen LogP contribution in [0, 0.1) is 20.8 Å². The van der Waals surface area contributed by atoms with E-state index < -0.39 is 29.0 Å². The number of nitrogens with two attached hydrogens (primary N) is 1. The Kier molecular flexibility index (Phi) is 18.0. The van der Waals surface area contributed by atoms with Gasteiger partial charge in [-0.25, -0.2) is 14.4 Å². The van der Waals surface area contributed by atoms with Crippen molar-refractivity contribution < 1.29 is 33.4 Å². The first-order valence-electron chi connectivity index (χ1n) is 24.6. The summed E-state index contributed by atoms with van der Waals surface area (Å²) in [5.41, 5.74) is 9.34. The Hall–Kier alpha value is -6.43. The maximum Gasteiger partial charge on any atom is 0.331 e. The molecule has 2 aliphatic rings. The lowest BCUT2D eigenvalue weighted by molar-refractivity contribution is -0.149. The fraction of sp³-hybridized carbons (Fsp3) is 0.446. The molecular formula is C56H71N5O7. The summed E-state index contributed by atoms with van der Waals surface area (Å²) in [6.45, 7) is 5.93. The first-order chi connectivity index (χ1) is 32.8. The van der Waals surface area contributed by atoms with Gasteiger partial charge in [-0.15, -0.1) is 0 Å². The molecule has 0 aromatic heterocycles. The van der Waals surface area contributed by atoms with Gasteiger partial charge in [-0.1, -0.05) is 156 Å². The molecular weight excluding hydrogens is 855 g/mol. The van der Waals surface area contributed by atoms with Gasteiger partial charge in [0, 0.05) is 11.4 Å². The summed E-state index contributed by atoms with van der Waals surface area (Å²) in [6.07, 6.45) is 16.9. The van der Waals surface area contributed by atoms with Gasteiger partial charge in [-0.3, -0.25) is 9.59 Å². The first kappa shape index (κ1) is 51.0. The van der Waals surface area contributed by atoms with Crippen LogP contribution in [0.2, 0.25) is 0 Å². The average Bonchev–Trinajstić information content (AvgIpc) is 3.33. The van der Waals surface area contributed by atoms with Crippen LogP contribution in [0.4, 0.5) is 21.9 Å². The van der Waals surface area contributed by atoms with Crippen molar-refractivity contribution >= 4 is 68.4 Å². The van der Waals surface area contributed by atoms with Crippen molar-refractivity contribution in [2.45, 2.75) is 147 Å². The van der Waals surface area contributed by atoms with E-state index >= 15 is 0 Å².